The minimum Gasteiger partial charge on any atom is -0.325 e. The van der Waals surface area contributed by atoms with Crippen LogP contribution in [0.4, 0.5) is 5.69 Å². The minimum atomic E-state index is -3.56. The van der Waals surface area contributed by atoms with Gasteiger partial charge in [0.05, 0.1) is 10.6 Å². The molecule has 1 aliphatic heterocycles. The van der Waals surface area contributed by atoms with Crippen LogP contribution in [0.15, 0.2) is 28.0 Å². The van der Waals surface area contributed by atoms with Gasteiger partial charge in [-0.2, -0.15) is 0 Å². The zero-order chi connectivity index (χ0) is 16.7. The van der Waals surface area contributed by atoms with Crippen LogP contribution in [-0.2, 0) is 14.8 Å². The van der Waals surface area contributed by atoms with Gasteiger partial charge >= 0.3 is 0 Å². The molecule has 130 valence electrons. The molecular weight excluding hydrogens is 344 g/mol. The summed E-state index contributed by atoms with van der Waals surface area (Å²) in [5.74, 6) is 1.85. The van der Waals surface area contributed by atoms with Gasteiger partial charge in [-0.3, -0.25) is 4.79 Å². The Morgan fingerprint density at radius 1 is 1.17 bits per heavy atom. The molecule has 0 spiro atoms. The molecule has 2 aliphatic carbocycles. The van der Waals surface area contributed by atoms with Crippen molar-refractivity contribution in [1.82, 2.24) is 4.72 Å². The van der Waals surface area contributed by atoms with Gasteiger partial charge in [0.25, 0.3) is 0 Å². The largest absolute Gasteiger partial charge is 0.325 e. The van der Waals surface area contributed by atoms with Crippen molar-refractivity contribution < 1.29 is 13.2 Å². The molecule has 5 nitrogen and oxygen atoms in total. The van der Waals surface area contributed by atoms with Gasteiger partial charge in [-0.05, 0) is 49.3 Å². The maximum absolute atomic E-state index is 12.8. The number of hydrogen-bond acceptors (Lipinski definition) is 4. The quantitative estimate of drug-likeness (QED) is 0.862. The summed E-state index contributed by atoms with van der Waals surface area (Å²) in [7, 11) is -3.56. The van der Waals surface area contributed by atoms with E-state index in [-0.39, 0.29) is 16.8 Å². The average molecular weight is 367 g/mol. The summed E-state index contributed by atoms with van der Waals surface area (Å²) in [6.45, 7) is 0. The van der Waals surface area contributed by atoms with E-state index >= 15 is 0 Å². The third-order valence-electron chi connectivity index (χ3n) is 5.51. The molecule has 0 radical (unpaired) electrons. The van der Waals surface area contributed by atoms with Gasteiger partial charge in [0.15, 0.2) is 0 Å². The fourth-order valence-corrected chi connectivity index (χ4v) is 6.63. The van der Waals surface area contributed by atoms with E-state index in [1.165, 1.54) is 12.8 Å². The Labute approximate surface area is 147 Å². The molecule has 3 aliphatic rings. The lowest BCUT2D eigenvalue weighted by molar-refractivity contribution is -0.115. The Balaban J connectivity index is 1.57. The second-order valence-corrected chi connectivity index (χ2v) is 9.82. The van der Waals surface area contributed by atoms with E-state index < -0.39 is 10.0 Å². The zero-order valence-corrected chi connectivity index (χ0v) is 15.1. The monoisotopic (exact) mass is 366 g/mol. The van der Waals surface area contributed by atoms with Crippen LogP contribution in [-0.4, -0.2) is 26.1 Å². The second-order valence-electron chi connectivity index (χ2n) is 6.96. The molecule has 1 aromatic rings. The minimum absolute atomic E-state index is 0.0604. The first kappa shape index (κ1) is 16.4. The molecule has 2 saturated carbocycles. The summed E-state index contributed by atoms with van der Waals surface area (Å²) >= 11 is 1.58. The third kappa shape index (κ3) is 3.09. The van der Waals surface area contributed by atoms with Crippen molar-refractivity contribution in [3.8, 4) is 0 Å². The van der Waals surface area contributed by atoms with Gasteiger partial charge in [-0.25, -0.2) is 13.1 Å². The van der Waals surface area contributed by atoms with Gasteiger partial charge in [-0.15, -0.1) is 11.8 Å². The summed E-state index contributed by atoms with van der Waals surface area (Å²) in [6, 6.07) is 5.10. The number of sulfonamides is 1. The summed E-state index contributed by atoms with van der Waals surface area (Å²) in [5, 5.41) is 2.81. The number of thioether (sulfide) groups is 1. The van der Waals surface area contributed by atoms with Crippen molar-refractivity contribution in [3.05, 3.63) is 18.2 Å². The highest BCUT2D eigenvalue weighted by molar-refractivity contribution is 7.99. The Hall–Kier alpha value is -1.05. The van der Waals surface area contributed by atoms with Crippen LogP contribution in [0, 0.1) is 11.8 Å². The topological polar surface area (TPSA) is 75.3 Å². The number of carbonyl (C=O) groups is 1. The first-order valence-corrected chi connectivity index (χ1v) is 11.1. The van der Waals surface area contributed by atoms with Crippen molar-refractivity contribution in [2.75, 3.05) is 11.1 Å². The molecule has 0 aromatic heterocycles. The Bertz CT molecular complexity index is 763. The Kier molecular flexibility index (Phi) is 4.34. The van der Waals surface area contributed by atoms with Crippen LogP contribution >= 0.6 is 11.8 Å². The lowest BCUT2D eigenvalue weighted by Crippen LogP contribution is -2.37. The average Bonchev–Trinajstić information content (AvgIpc) is 3.08. The number of amides is 1. The number of benzene rings is 1. The Morgan fingerprint density at radius 2 is 2.04 bits per heavy atom. The maximum Gasteiger partial charge on any atom is 0.240 e. The normalized spacial score (nSPS) is 29.7. The van der Waals surface area contributed by atoms with Crippen molar-refractivity contribution in [1.29, 1.82) is 0 Å². The van der Waals surface area contributed by atoms with Gasteiger partial charge in [0, 0.05) is 23.1 Å². The molecule has 0 saturated heterocycles. The van der Waals surface area contributed by atoms with E-state index in [0.29, 0.717) is 29.7 Å². The van der Waals surface area contributed by atoms with Gasteiger partial charge < -0.3 is 5.32 Å². The van der Waals surface area contributed by atoms with Crippen molar-refractivity contribution in [3.63, 3.8) is 0 Å². The molecule has 1 heterocycles. The molecular formula is C17H22N2O3S2. The summed E-state index contributed by atoms with van der Waals surface area (Å²) in [5.41, 5.74) is 0.607. The number of carbonyl (C=O) groups excluding carboxylic acids is 1. The van der Waals surface area contributed by atoms with Gasteiger partial charge in [0.2, 0.25) is 15.9 Å². The molecule has 0 unspecified atom stereocenters. The molecule has 2 fully saturated rings. The van der Waals surface area contributed by atoms with Crippen LogP contribution in [0.1, 0.15) is 38.5 Å². The molecule has 2 N–H and O–H groups in total. The summed E-state index contributed by atoms with van der Waals surface area (Å²) < 4.78 is 28.5. The highest BCUT2D eigenvalue weighted by Crippen LogP contribution is 2.44. The van der Waals surface area contributed by atoms with Crippen molar-refractivity contribution >= 4 is 33.4 Å². The van der Waals surface area contributed by atoms with E-state index in [4.69, 9.17) is 0 Å². The molecule has 3 atom stereocenters. The molecule has 7 heteroatoms. The van der Waals surface area contributed by atoms with Crippen LogP contribution in [0.5, 0.6) is 0 Å². The molecule has 24 heavy (non-hydrogen) atoms. The number of nitrogens with one attached hydrogen (secondary N) is 2. The lowest BCUT2D eigenvalue weighted by Gasteiger charge is -2.20. The molecule has 0 bridgehead atoms. The van der Waals surface area contributed by atoms with E-state index in [0.717, 1.165) is 24.2 Å². The van der Waals surface area contributed by atoms with Crippen LogP contribution in [0.3, 0.4) is 0 Å². The number of hydrogen-bond donors (Lipinski definition) is 2. The third-order valence-corrected chi connectivity index (χ3v) is 8.07. The fraction of sp³-hybridized carbons (Fsp3) is 0.588. The Morgan fingerprint density at radius 3 is 2.92 bits per heavy atom. The summed E-state index contributed by atoms with van der Waals surface area (Å²) in [4.78, 5) is 12.9. The van der Waals surface area contributed by atoms with Gasteiger partial charge in [0.1, 0.15) is 0 Å². The van der Waals surface area contributed by atoms with Crippen LogP contribution in [0.25, 0.3) is 0 Å². The van der Waals surface area contributed by atoms with E-state index in [9.17, 15) is 13.2 Å². The van der Waals surface area contributed by atoms with E-state index in [1.54, 1.807) is 30.0 Å². The molecule has 1 amide bonds. The van der Waals surface area contributed by atoms with Crippen LogP contribution in [0.2, 0.25) is 0 Å². The second kappa shape index (κ2) is 6.35. The van der Waals surface area contributed by atoms with Crippen molar-refractivity contribution in [2.24, 2.45) is 11.8 Å². The van der Waals surface area contributed by atoms with Gasteiger partial charge in [-0.1, -0.05) is 12.8 Å². The number of anilines is 1. The van der Waals surface area contributed by atoms with E-state index in [2.05, 4.69) is 10.0 Å². The predicted molar refractivity (Wildman–Crippen MR) is 94.6 cm³/mol. The highest BCUT2D eigenvalue weighted by Gasteiger charge is 2.40. The molecule has 4 rings (SSSR count). The number of rotatable bonds is 3. The number of fused-ring (bicyclic) bond motifs is 2. The highest BCUT2D eigenvalue weighted by atomic mass is 32.2. The fourth-order valence-electron chi connectivity index (χ4n) is 4.34. The smallest absolute Gasteiger partial charge is 0.240 e. The SMILES string of the molecule is O=C1CCSc2ccc(S(=O)(=O)N[C@@H]3CC[C@H]4CCC[C@H]43)cc2N1. The predicted octanol–water partition coefficient (Wildman–Crippen LogP) is 2.98. The maximum atomic E-state index is 12.8. The first-order valence-electron chi connectivity index (χ1n) is 8.62. The van der Waals surface area contributed by atoms with Crippen molar-refractivity contribution in [2.45, 2.75) is 54.4 Å². The first-order chi connectivity index (χ1) is 11.5. The lowest BCUT2D eigenvalue weighted by atomic mass is 9.98. The summed E-state index contributed by atoms with van der Waals surface area (Å²) in [6.07, 6.45) is 6.11. The van der Waals surface area contributed by atoms with E-state index in [1.807, 2.05) is 0 Å². The molecule has 1 aromatic carbocycles. The van der Waals surface area contributed by atoms with Crippen LogP contribution < -0.4 is 10.0 Å². The standard InChI is InChI=1S/C17H22N2O3S2/c20-17-8-9-23-16-7-5-12(10-15(16)18-17)24(21,22)19-14-6-4-11-2-1-3-13(11)14/h5,7,10-11,13-14,19H,1-4,6,8-9H2,(H,18,20)/t11-,13-,14-/m1/s1. The zero-order valence-electron chi connectivity index (χ0n) is 13.5.